The standard InChI is InChI=1S/C27H22N4O3S2/c1-27(2)12-19-20(13-34-27)22(17-6-4-3-5-7-17)30-25-21(19)23-24(36-25)26(29-15-28-23)35-14-16-8-10-18(11-9-16)31(32)33/h3-11,15H,12-14H2,1-2H3. The summed E-state index contributed by atoms with van der Waals surface area (Å²) in [7, 11) is 0. The molecule has 0 amide bonds. The van der Waals surface area contributed by atoms with Crippen molar-refractivity contribution in [3.05, 3.63) is 87.7 Å². The fraction of sp³-hybridized carbons (Fsp3) is 0.222. The lowest BCUT2D eigenvalue weighted by Gasteiger charge is -2.33. The van der Waals surface area contributed by atoms with Crippen molar-refractivity contribution in [2.24, 2.45) is 0 Å². The van der Waals surface area contributed by atoms with Gasteiger partial charge in [0.15, 0.2) is 0 Å². The first-order valence-electron chi connectivity index (χ1n) is 11.5. The van der Waals surface area contributed by atoms with Gasteiger partial charge in [-0.3, -0.25) is 10.1 Å². The molecule has 0 aliphatic carbocycles. The van der Waals surface area contributed by atoms with Gasteiger partial charge >= 0.3 is 0 Å². The van der Waals surface area contributed by atoms with Crippen LogP contribution in [0, 0.1) is 10.1 Å². The average molecular weight is 515 g/mol. The van der Waals surface area contributed by atoms with E-state index in [1.807, 2.05) is 18.2 Å². The van der Waals surface area contributed by atoms with Crippen LogP contribution in [0.3, 0.4) is 0 Å². The van der Waals surface area contributed by atoms with Crippen LogP contribution in [0.5, 0.6) is 0 Å². The van der Waals surface area contributed by atoms with E-state index < -0.39 is 0 Å². The molecule has 0 fully saturated rings. The van der Waals surface area contributed by atoms with Crippen LogP contribution in [0.25, 0.3) is 31.7 Å². The number of ether oxygens (including phenoxy) is 1. The molecule has 1 aliphatic heterocycles. The highest BCUT2D eigenvalue weighted by atomic mass is 32.2. The predicted octanol–water partition coefficient (Wildman–Crippen LogP) is 6.96. The summed E-state index contributed by atoms with van der Waals surface area (Å²) in [4.78, 5) is 25.9. The molecule has 3 aromatic heterocycles. The summed E-state index contributed by atoms with van der Waals surface area (Å²) in [6, 6.07) is 16.9. The lowest BCUT2D eigenvalue weighted by molar-refractivity contribution is -0.384. The topological polar surface area (TPSA) is 91.0 Å². The fourth-order valence-corrected chi connectivity index (χ4v) is 6.78. The van der Waals surface area contributed by atoms with Gasteiger partial charge in [-0.25, -0.2) is 15.0 Å². The number of fused-ring (bicyclic) bond motifs is 5. The SMILES string of the molecule is CC1(C)Cc2c(c(-c3ccccc3)nc3sc4c(SCc5ccc([N+](=O)[O-])cc5)ncnc4c23)CO1. The number of thioether (sulfide) groups is 1. The predicted molar refractivity (Wildman–Crippen MR) is 143 cm³/mol. The van der Waals surface area contributed by atoms with Gasteiger partial charge in [0.2, 0.25) is 0 Å². The molecule has 0 unspecified atom stereocenters. The number of nitro benzene ring substituents is 1. The van der Waals surface area contributed by atoms with E-state index >= 15 is 0 Å². The summed E-state index contributed by atoms with van der Waals surface area (Å²) in [6.07, 6.45) is 2.40. The van der Waals surface area contributed by atoms with E-state index in [9.17, 15) is 10.1 Å². The van der Waals surface area contributed by atoms with E-state index in [0.29, 0.717) is 12.4 Å². The summed E-state index contributed by atoms with van der Waals surface area (Å²) in [6.45, 7) is 4.76. The van der Waals surface area contributed by atoms with Gasteiger partial charge in [0.25, 0.3) is 5.69 Å². The van der Waals surface area contributed by atoms with Gasteiger partial charge in [-0.05, 0) is 25.0 Å². The monoisotopic (exact) mass is 514 g/mol. The zero-order valence-electron chi connectivity index (χ0n) is 19.7. The number of benzene rings is 2. The molecule has 1 aliphatic rings. The van der Waals surface area contributed by atoms with Gasteiger partial charge in [0, 0.05) is 40.8 Å². The molecule has 0 N–H and O–H groups in total. The van der Waals surface area contributed by atoms with Crippen molar-refractivity contribution in [2.75, 3.05) is 0 Å². The number of thiophene rings is 1. The molecule has 0 saturated carbocycles. The largest absolute Gasteiger partial charge is 0.370 e. The molecule has 5 aromatic rings. The summed E-state index contributed by atoms with van der Waals surface area (Å²) >= 11 is 3.23. The second kappa shape index (κ2) is 8.92. The minimum absolute atomic E-state index is 0.0923. The van der Waals surface area contributed by atoms with Gasteiger partial charge < -0.3 is 4.74 Å². The molecule has 7 nitrogen and oxygen atoms in total. The van der Waals surface area contributed by atoms with Crippen LogP contribution in [0.4, 0.5) is 5.69 Å². The third kappa shape index (κ3) is 4.13. The van der Waals surface area contributed by atoms with E-state index in [0.717, 1.165) is 54.3 Å². The highest BCUT2D eigenvalue weighted by molar-refractivity contribution is 7.98. The van der Waals surface area contributed by atoms with Crippen molar-refractivity contribution >= 4 is 49.2 Å². The van der Waals surface area contributed by atoms with Crippen LogP contribution in [0.15, 0.2) is 66.0 Å². The number of hydrogen-bond acceptors (Lipinski definition) is 8. The number of nitrogens with zero attached hydrogens (tertiary/aromatic N) is 4. The van der Waals surface area contributed by atoms with Crippen LogP contribution in [0.2, 0.25) is 0 Å². The number of rotatable bonds is 5. The van der Waals surface area contributed by atoms with Crippen LogP contribution in [0.1, 0.15) is 30.5 Å². The Bertz CT molecular complexity index is 1620. The highest BCUT2D eigenvalue weighted by Crippen LogP contribution is 2.44. The summed E-state index contributed by atoms with van der Waals surface area (Å²) in [5, 5.41) is 12.9. The lowest BCUT2D eigenvalue weighted by atomic mass is 9.88. The van der Waals surface area contributed by atoms with E-state index in [1.165, 1.54) is 17.7 Å². The molecule has 0 spiro atoms. The number of hydrogen-bond donors (Lipinski definition) is 0. The molecule has 0 bridgehead atoms. The third-order valence-corrected chi connectivity index (χ3v) is 8.63. The minimum Gasteiger partial charge on any atom is -0.370 e. The minimum atomic E-state index is -0.383. The van der Waals surface area contributed by atoms with Crippen LogP contribution >= 0.6 is 23.1 Å². The summed E-state index contributed by atoms with van der Waals surface area (Å²) < 4.78 is 7.23. The molecule has 6 rings (SSSR count). The Morgan fingerprint density at radius 1 is 1.08 bits per heavy atom. The van der Waals surface area contributed by atoms with Gasteiger partial charge in [0.1, 0.15) is 16.2 Å². The molecular weight excluding hydrogens is 492 g/mol. The maximum Gasteiger partial charge on any atom is 0.269 e. The Balaban J connectivity index is 1.46. The first-order valence-corrected chi connectivity index (χ1v) is 13.3. The quantitative estimate of drug-likeness (QED) is 0.108. The molecule has 2 aromatic carbocycles. The Morgan fingerprint density at radius 3 is 2.61 bits per heavy atom. The number of nitro groups is 1. The third-order valence-electron chi connectivity index (χ3n) is 6.37. The molecule has 0 saturated heterocycles. The average Bonchev–Trinajstić information content (AvgIpc) is 3.26. The summed E-state index contributed by atoms with van der Waals surface area (Å²) in [5.74, 6) is 0.653. The zero-order valence-corrected chi connectivity index (χ0v) is 21.4. The maximum absolute atomic E-state index is 11.0. The Kier molecular flexibility index (Phi) is 5.70. The van der Waals surface area contributed by atoms with Crippen molar-refractivity contribution in [3.63, 3.8) is 0 Å². The second-order valence-corrected chi connectivity index (χ2v) is 11.3. The lowest BCUT2D eigenvalue weighted by Crippen LogP contribution is -2.32. The van der Waals surface area contributed by atoms with E-state index in [-0.39, 0.29) is 16.2 Å². The molecule has 180 valence electrons. The Hall–Kier alpha value is -3.40. The first-order chi connectivity index (χ1) is 17.4. The molecule has 0 atom stereocenters. The zero-order chi connectivity index (χ0) is 24.9. The van der Waals surface area contributed by atoms with Crippen molar-refractivity contribution in [1.82, 2.24) is 15.0 Å². The number of aromatic nitrogens is 3. The van der Waals surface area contributed by atoms with E-state index in [4.69, 9.17) is 14.7 Å². The van der Waals surface area contributed by atoms with Gasteiger partial charge in [0.05, 0.1) is 33.0 Å². The highest BCUT2D eigenvalue weighted by Gasteiger charge is 2.32. The number of pyridine rings is 1. The van der Waals surface area contributed by atoms with Crippen molar-refractivity contribution in [3.8, 4) is 11.3 Å². The molecule has 4 heterocycles. The smallest absolute Gasteiger partial charge is 0.269 e. The maximum atomic E-state index is 11.0. The van der Waals surface area contributed by atoms with Gasteiger partial charge in [-0.1, -0.05) is 42.5 Å². The molecule has 0 radical (unpaired) electrons. The number of non-ortho nitro benzene ring substituents is 1. The Labute approximate surface area is 215 Å². The Morgan fingerprint density at radius 2 is 1.86 bits per heavy atom. The van der Waals surface area contributed by atoms with Crippen molar-refractivity contribution in [2.45, 2.75) is 43.3 Å². The first kappa shape index (κ1) is 23.0. The normalized spacial score (nSPS) is 14.7. The molecule has 36 heavy (non-hydrogen) atoms. The van der Waals surface area contributed by atoms with Crippen LogP contribution in [-0.2, 0) is 23.5 Å². The van der Waals surface area contributed by atoms with Crippen molar-refractivity contribution in [1.29, 1.82) is 0 Å². The fourth-order valence-electron chi connectivity index (χ4n) is 4.59. The van der Waals surface area contributed by atoms with E-state index in [2.05, 4.69) is 31.0 Å². The van der Waals surface area contributed by atoms with Crippen LogP contribution < -0.4 is 0 Å². The van der Waals surface area contributed by atoms with Gasteiger partial charge in [-0.2, -0.15) is 0 Å². The second-order valence-electron chi connectivity index (χ2n) is 9.36. The van der Waals surface area contributed by atoms with Gasteiger partial charge in [-0.15, -0.1) is 23.1 Å². The van der Waals surface area contributed by atoms with E-state index in [1.54, 1.807) is 41.6 Å². The summed E-state index contributed by atoms with van der Waals surface area (Å²) in [5.41, 5.74) is 6.18. The van der Waals surface area contributed by atoms with Crippen LogP contribution in [-0.4, -0.2) is 25.5 Å². The molecule has 9 heteroatoms. The van der Waals surface area contributed by atoms with Crippen molar-refractivity contribution < 1.29 is 9.66 Å². The molecular formula is C27H22N4O3S2.